The SMILES string of the molecule is CC(C)(C)C1=CCCC(NC(=O)C2=CN=C(N3CCc4ccccc4C3)CC2)=C1. The van der Waals surface area contributed by atoms with Crippen molar-refractivity contribution in [2.75, 3.05) is 6.54 Å². The smallest absolute Gasteiger partial charge is 0.252 e. The fourth-order valence-electron chi connectivity index (χ4n) is 4.21. The molecule has 2 aliphatic heterocycles. The van der Waals surface area contributed by atoms with Crippen LogP contribution in [0.4, 0.5) is 0 Å². The summed E-state index contributed by atoms with van der Waals surface area (Å²) >= 11 is 0. The van der Waals surface area contributed by atoms with Gasteiger partial charge in [0.1, 0.15) is 5.84 Å². The van der Waals surface area contributed by atoms with Crippen LogP contribution in [0, 0.1) is 5.41 Å². The van der Waals surface area contributed by atoms with Crippen LogP contribution in [-0.2, 0) is 17.8 Å². The highest BCUT2D eigenvalue weighted by atomic mass is 16.1. The summed E-state index contributed by atoms with van der Waals surface area (Å²) in [4.78, 5) is 19.8. The number of fused-ring (bicyclic) bond motifs is 1. The molecular weight excluding hydrogens is 358 g/mol. The van der Waals surface area contributed by atoms with Gasteiger partial charge in [0.05, 0.1) is 0 Å². The Bertz CT molecular complexity index is 928. The molecule has 0 spiro atoms. The van der Waals surface area contributed by atoms with Gasteiger partial charge in [-0.15, -0.1) is 0 Å². The molecule has 29 heavy (non-hydrogen) atoms. The van der Waals surface area contributed by atoms with Crippen LogP contribution in [0.3, 0.4) is 0 Å². The predicted molar refractivity (Wildman–Crippen MR) is 118 cm³/mol. The molecule has 4 nitrogen and oxygen atoms in total. The van der Waals surface area contributed by atoms with Crippen LogP contribution in [0.15, 0.2) is 64.5 Å². The number of carbonyl (C=O) groups is 1. The van der Waals surface area contributed by atoms with Gasteiger partial charge in [0, 0.05) is 37.0 Å². The van der Waals surface area contributed by atoms with E-state index in [0.29, 0.717) is 0 Å². The molecule has 0 fully saturated rings. The Morgan fingerprint density at radius 3 is 2.59 bits per heavy atom. The third-order valence-corrected chi connectivity index (χ3v) is 6.02. The average Bonchev–Trinajstić information content (AvgIpc) is 2.73. The van der Waals surface area contributed by atoms with Crippen molar-refractivity contribution in [2.24, 2.45) is 10.4 Å². The normalized spacial score (nSPS) is 19.5. The summed E-state index contributed by atoms with van der Waals surface area (Å²) in [7, 11) is 0. The van der Waals surface area contributed by atoms with Gasteiger partial charge >= 0.3 is 0 Å². The van der Waals surface area contributed by atoms with Crippen LogP contribution in [0.1, 0.15) is 57.6 Å². The van der Waals surface area contributed by atoms with E-state index in [9.17, 15) is 4.79 Å². The average molecular weight is 390 g/mol. The molecule has 0 bridgehead atoms. The fourth-order valence-corrected chi connectivity index (χ4v) is 4.21. The van der Waals surface area contributed by atoms with Crippen LogP contribution in [0.2, 0.25) is 0 Å². The minimum Gasteiger partial charge on any atom is -0.355 e. The number of allylic oxidation sites excluding steroid dienone is 4. The van der Waals surface area contributed by atoms with Crippen LogP contribution in [0.5, 0.6) is 0 Å². The molecule has 4 rings (SSSR count). The second kappa shape index (κ2) is 8.02. The number of aliphatic imine (C=N–C) groups is 1. The zero-order valence-electron chi connectivity index (χ0n) is 17.8. The molecule has 1 amide bonds. The first-order chi connectivity index (χ1) is 13.9. The van der Waals surface area contributed by atoms with Crippen molar-refractivity contribution in [3.8, 4) is 0 Å². The summed E-state index contributed by atoms with van der Waals surface area (Å²) in [5.74, 6) is 1.10. The van der Waals surface area contributed by atoms with Crippen molar-refractivity contribution in [1.29, 1.82) is 0 Å². The number of amidine groups is 1. The first-order valence-corrected chi connectivity index (χ1v) is 10.7. The second-order valence-electron chi connectivity index (χ2n) is 9.21. The maximum atomic E-state index is 12.7. The Hall–Kier alpha value is -2.62. The van der Waals surface area contributed by atoms with E-state index in [1.165, 1.54) is 16.7 Å². The molecule has 1 aliphatic carbocycles. The van der Waals surface area contributed by atoms with Gasteiger partial charge < -0.3 is 10.2 Å². The maximum Gasteiger partial charge on any atom is 0.252 e. The quantitative estimate of drug-likeness (QED) is 0.783. The largest absolute Gasteiger partial charge is 0.355 e. The topological polar surface area (TPSA) is 44.7 Å². The summed E-state index contributed by atoms with van der Waals surface area (Å²) in [5, 5.41) is 3.13. The summed E-state index contributed by atoms with van der Waals surface area (Å²) in [6, 6.07) is 8.64. The number of nitrogens with zero attached hydrogens (tertiary/aromatic N) is 2. The third kappa shape index (κ3) is 4.52. The number of hydrogen-bond acceptors (Lipinski definition) is 3. The molecule has 0 radical (unpaired) electrons. The van der Waals surface area contributed by atoms with Gasteiger partial charge in [0.25, 0.3) is 5.91 Å². The van der Waals surface area contributed by atoms with Crippen molar-refractivity contribution in [3.05, 3.63) is 70.6 Å². The highest BCUT2D eigenvalue weighted by molar-refractivity contribution is 5.97. The summed E-state index contributed by atoms with van der Waals surface area (Å²) in [5.41, 5.74) is 6.03. The lowest BCUT2D eigenvalue weighted by Gasteiger charge is -2.32. The molecule has 0 saturated heterocycles. The monoisotopic (exact) mass is 389 g/mol. The number of nitrogens with one attached hydrogen (secondary N) is 1. The number of amides is 1. The highest BCUT2D eigenvalue weighted by Gasteiger charge is 2.23. The Balaban J connectivity index is 1.40. The van der Waals surface area contributed by atoms with Gasteiger partial charge in [-0.25, -0.2) is 4.99 Å². The number of benzene rings is 1. The number of rotatable bonds is 2. The van der Waals surface area contributed by atoms with Crippen LogP contribution in [0.25, 0.3) is 0 Å². The molecule has 1 aromatic rings. The fraction of sp³-hybridized carbons (Fsp3) is 0.440. The van der Waals surface area contributed by atoms with Crippen molar-refractivity contribution >= 4 is 11.7 Å². The Labute approximate surface area is 174 Å². The second-order valence-corrected chi connectivity index (χ2v) is 9.21. The van der Waals surface area contributed by atoms with Crippen molar-refractivity contribution in [2.45, 2.75) is 59.4 Å². The maximum absolute atomic E-state index is 12.7. The zero-order chi connectivity index (χ0) is 20.4. The minimum atomic E-state index is -0.00167. The van der Waals surface area contributed by atoms with Gasteiger partial charge in [-0.2, -0.15) is 0 Å². The molecule has 0 unspecified atom stereocenters. The molecule has 152 valence electrons. The highest BCUT2D eigenvalue weighted by Crippen LogP contribution is 2.31. The Morgan fingerprint density at radius 1 is 1.07 bits per heavy atom. The number of hydrogen-bond donors (Lipinski definition) is 1. The van der Waals surface area contributed by atoms with Gasteiger partial charge in [-0.05, 0) is 53.9 Å². The van der Waals surface area contributed by atoms with Gasteiger partial charge in [-0.1, -0.05) is 51.1 Å². The van der Waals surface area contributed by atoms with Crippen molar-refractivity contribution in [3.63, 3.8) is 0 Å². The van der Waals surface area contributed by atoms with E-state index < -0.39 is 0 Å². The molecule has 0 aromatic heterocycles. The van der Waals surface area contributed by atoms with Gasteiger partial charge in [0.15, 0.2) is 0 Å². The lowest BCUT2D eigenvalue weighted by molar-refractivity contribution is -0.117. The van der Waals surface area contributed by atoms with Crippen molar-refractivity contribution in [1.82, 2.24) is 10.2 Å². The first kappa shape index (κ1) is 19.7. The zero-order valence-corrected chi connectivity index (χ0v) is 17.8. The Morgan fingerprint density at radius 2 is 1.86 bits per heavy atom. The van der Waals surface area contributed by atoms with Crippen LogP contribution >= 0.6 is 0 Å². The molecule has 0 atom stereocenters. The molecule has 0 saturated carbocycles. The van der Waals surface area contributed by atoms with Gasteiger partial charge in [0.2, 0.25) is 0 Å². The molecule has 1 N–H and O–H groups in total. The van der Waals surface area contributed by atoms with E-state index in [4.69, 9.17) is 0 Å². The van der Waals surface area contributed by atoms with Gasteiger partial charge in [-0.3, -0.25) is 4.79 Å². The summed E-state index contributed by atoms with van der Waals surface area (Å²) < 4.78 is 0. The lowest BCUT2D eigenvalue weighted by atomic mass is 9.83. The van der Waals surface area contributed by atoms with Crippen LogP contribution < -0.4 is 5.32 Å². The molecule has 3 aliphatic rings. The van der Waals surface area contributed by atoms with Crippen LogP contribution in [-0.4, -0.2) is 23.2 Å². The summed E-state index contributed by atoms with van der Waals surface area (Å²) in [6.45, 7) is 8.54. The molecular formula is C25H31N3O. The Kier molecular flexibility index (Phi) is 5.44. The lowest BCUT2D eigenvalue weighted by Crippen LogP contribution is -2.37. The molecule has 2 heterocycles. The van der Waals surface area contributed by atoms with E-state index in [-0.39, 0.29) is 11.3 Å². The van der Waals surface area contributed by atoms with E-state index in [1.807, 2.05) is 0 Å². The van der Waals surface area contributed by atoms with Crippen molar-refractivity contribution < 1.29 is 4.79 Å². The minimum absolute atomic E-state index is 0.00167. The third-order valence-electron chi connectivity index (χ3n) is 6.02. The van der Waals surface area contributed by atoms with E-state index in [0.717, 1.165) is 62.3 Å². The number of carbonyl (C=O) groups excluding carboxylic acids is 1. The standard InChI is InChI=1S/C25H31N3O/c1-25(2,3)21-9-6-10-22(15-21)27-24(29)19-11-12-23(26-16-19)28-14-13-18-7-4-5-8-20(18)17-28/h4-5,7-9,15-16H,6,10-14,17H2,1-3H3,(H,27,29). The van der Waals surface area contributed by atoms with E-state index >= 15 is 0 Å². The first-order valence-electron chi connectivity index (χ1n) is 10.7. The molecule has 4 heteroatoms. The summed E-state index contributed by atoms with van der Waals surface area (Å²) in [6.07, 6.45) is 10.7. The van der Waals surface area contributed by atoms with E-state index in [2.05, 4.69) is 72.4 Å². The van der Waals surface area contributed by atoms with E-state index in [1.54, 1.807) is 6.20 Å². The predicted octanol–water partition coefficient (Wildman–Crippen LogP) is 4.89. The molecule has 1 aromatic carbocycles.